The van der Waals surface area contributed by atoms with Gasteiger partial charge in [-0.1, -0.05) is 11.6 Å². The molecule has 0 spiro atoms. The van der Waals surface area contributed by atoms with E-state index in [1.807, 2.05) is 0 Å². The lowest BCUT2D eigenvalue weighted by Crippen LogP contribution is -2.15. The number of ketones is 1. The van der Waals surface area contributed by atoms with Crippen LogP contribution in [-0.4, -0.2) is 28.8 Å². The normalized spacial score (nSPS) is 10.4. The molecule has 0 aromatic carbocycles. The van der Waals surface area contributed by atoms with Gasteiger partial charge in [-0.05, 0) is 12.1 Å². The minimum atomic E-state index is -0.907. The number of ether oxygens (including phenoxy) is 1. The zero-order valence-corrected chi connectivity index (χ0v) is 9.04. The van der Waals surface area contributed by atoms with Gasteiger partial charge < -0.3 is 9.72 Å². The first-order chi connectivity index (χ1) is 7.63. The number of fused-ring (bicyclic) bond motifs is 1. The van der Waals surface area contributed by atoms with E-state index in [0.717, 1.165) is 7.11 Å². The molecule has 0 atom stereocenters. The van der Waals surface area contributed by atoms with Crippen molar-refractivity contribution in [2.45, 2.75) is 0 Å². The van der Waals surface area contributed by atoms with Gasteiger partial charge in [-0.15, -0.1) is 0 Å². The number of methoxy groups -OCH3 is 1. The summed E-state index contributed by atoms with van der Waals surface area (Å²) in [5.74, 6) is -1.62. The van der Waals surface area contributed by atoms with Crippen LogP contribution in [0.3, 0.4) is 0 Å². The molecule has 0 saturated carbocycles. The highest BCUT2D eigenvalue weighted by molar-refractivity contribution is 6.42. The Kier molecular flexibility index (Phi) is 2.62. The largest absolute Gasteiger partial charge is 0.463 e. The quantitative estimate of drug-likeness (QED) is 0.373. The first kappa shape index (κ1) is 10.6. The SMILES string of the molecule is COC(=O)C(=O)c1c[nH]c2nc(Cl)ccc12. The van der Waals surface area contributed by atoms with Crippen molar-refractivity contribution in [1.82, 2.24) is 9.97 Å². The Balaban J connectivity index is 2.54. The maximum absolute atomic E-state index is 11.6. The summed E-state index contributed by atoms with van der Waals surface area (Å²) in [6.45, 7) is 0. The van der Waals surface area contributed by atoms with Crippen LogP contribution >= 0.6 is 11.6 Å². The molecule has 2 aromatic rings. The molecule has 2 aromatic heterocycles. The molecule has 2 heterocycles. The van der Waals surface area contributed by atoms with Crippen LogP contribution in [0, 0.1) is 0 Å². The first-order valence-corrected chi connectivity index (χ1v) is 4.77. The fourth-order valence-corrected chi connectivity index (χ4v) is 1.52. The van der Waals surface area contributed by atoms with Crippen LogP contribution in [0.2, 0.25) is 5.15 Å². The van der Waals surface area contributed by atoms with Gasteiger partial charge >= 0.3 is 5.97 Å². The number of aromatic amines is 1. The number of nitrogens with one attached hydrogen (secondary N) is 1. The molecule has 2 rings (SSSR count). The molecule has 16 heavy (non-hydrogen) atoms. The van der Waals surface area contributed by atoms with Gasteiger partial charge in [0.25, 0.3) is 5.78 Å². The van der Waals surface area contributed by atoms with Crippen molar-refractivity contribution in [1.29, 1.82) is 0 Å². The zero-order chi connectivity index (χ0) is 11.7. The van der Waals surface area contributed by atoms with Crippen molar-refractivity contribution in [3.8, 4) is 0 Å². The molecule has 1 N–H and O–H groups in total. The van der Waals surface area contributed by atoms with Gasteiger partial charge in [-0.3, -0.25) is 4.79 Å². The second kappa shape index (κ2) is 3.94. The zero-order valence-electron chi connectivity index (χ0n) is 8.28. The molecule has 82 valence electrons. The fourth-order valence-electron chi connectivity index (χ4n) is 1.37. The van der Waals surface area contributed by atoms with E-state index in [-0.39, 0.29) is 5.56 Å². The molecule has 0 aliphatic rings. The standard InChI is InChI=1S/C10H7ClN2O3/c1-16-10(15)8(14)6-4-12-9-5(6)2-3-7(11)13-9/h2-4H,1H3,(H,12,13). The van der Waals surface area contributed by atoms with Gasteiger partial charge in [0, 0.05) is 11.6 Å². The van der Waals surface area contributed by atoms with Crippen molar-refractivity contribution < 1.29 is 14.3 Å². The van der Waals surface area contributed by atoms with E-state index >= 15 is 0 Å². The second-order valence-electron chi connectivity index (χ2n) is 3.05. The molecular formula is C10H7ClN2O3. The van der Waals surface area contributed by atoms with Crippen LogP contribution in [0.25, 0.3) is 11.0 Å². The molecule has 6 heteroatoms. The molecule has 0 aliphatic heterocycles. The topological polar surface area (TPSA) is 72.1 Å². The van der Waals surface area contributed by atoms with E-state index in [4.69, 9.17) is 11.6 Å². The lowest BCUT2D eigenvalue weighted by atomic mass is 10.1. The van der Waals surface area contributed by atoms with Crippen molar-refractivity contribution in [3.63, 3.8) is 0 Å². The summed E-state index contributed by atoms with van der Waals surface area (Å²) in [4.78, 5) is 29.4. The van der Waals surface area contributed by atoms with E-state index < -0.39 is 11.8 Å². The Bertz CT molecular complexity index is 576. The van der Waals surface area contributed by atoms with Gasteiger partial charge in [0.15, 0.2) is 0 Å². The summed E-state index contributed by atoms with van der Waals surface area (Å²) in [6, 6.07) is 3.17. The van der Waals surface area contributed by atoms with Crippen LogP contribution in [-0.2, 0) is 9.53 Å². The summed E-state index contributed by atoms with van der Waals surface area (Å²) in [5.41, 5.74) is 0.686. The number of rotatable bonds is 2. The van der Waals surface area contributed by atoms with Crippen LogP contribution < -0.4 is 0 Å². The smallest absolute Gasteiger partial charge is 0.379 e. The molecule has 0 unspecified atom stereocenters. The van der Waals surface area contributed by atoms with Gasteiger partial charge in [-0.2, -0.15) is 0 Å². The number of pyridine rings is 1. The van der Waals surface area contributed by atoms with Gasteiger partial charge in [0.2, 0.25) is 0 Å². The van der Waals surface area contributed by atoms with Gasteiger partial charge in [0.1, 0.15) is 10.8 Å². The Morgan fingerprint density at radius 3 is 2.88 bits per heavy atom. The number of halogens is 1. The van der Waals surface area contributed by atoms with Crippen molar-refractivity contribution in [2.75, 3.05) is 7.11 Å². The van der Waals surface area contributed by atoms with Crippen LogP contribution in [0.5, 0.6) is 0 Å². The fraction of sp³-hybridized carbons (Fsp3) is 0.100. The molecule has 5 nitrogen and oxygen atoms in total. The Labute approximate surface area is 95.4 Å². The Morgan fingerprint density at radius 1 is 1.44 bits per heavy atom. The highest BCUT2D eigenvalue weighted by atomic mass is 35.5. The van der Waals surface area contributed by atoms with E-state index in [1.54, 1.807) is 12.1 Å². The predicted molar refractivity (Wildman–Crippen MR) is 57.5 cm³/mol. The molecular weight excluding hydrogens is 232 g/mol. The van der Waals surface area contributed by atoms with Gasteiger partial charge in [0.05, 0.1) is 12.7 Å². The minimum absolute atomic E-state index is 0.228. The molecule has 0 amide bonds. The van der Waals surface area contributed by atoms with E-state index in [9.17, 15) is 9.59 Å². The van der Waals surface area contributed by atoms with E-state index in [2.05, 4.69) is 14.7 Å². The van der Waals surface area contributed by atoms with Crippen LogP contribution in [0.1, 0.15) is 10.4 Å². The predicted octanol–water partition coefficient (Wildman–Crippen LogP) is 1.57. The van der Waals surface area contributed by atoms with Crippen LogP contribution in [0.4, 0.5) is 0 Å². The monoisotopic (exact) mass is 238 g/mol. The number of hydrogen-bond donors (Lipinski definition) is 1. The van der Waals surface area contributed by atoms with Crippen molar-refractivity contribution in [3.05, 3.63) is 29.0 Å². The number of H-pyrrole nitrogens is 1. The van der Waals surface area contributed by atoms with Gasteiger partial charge in [-0.25, -0.2) is 9.78 Å². The number of Topliss-reactive ketones (excluding diaryl/α,β-unsaturated/α-hetero) is 1. The summed E-state index contributed by atoms with van der Waals surface area (Å²) in [7, 11) is 1.16. The Morgan fingerprint density at radius 2 is 2.19 bits per heavy atom. The average molecular weight is 239 g/mol. The molecule has 0 fully saturated rings. The maximum Gasteiger partial charge on any atom is 0.379 e. The molecule has 0 bridgehead atoms. The Hall–Kier alpha value is -1.88. The molecule has 0 aliphatic carbocycles. The summed E-state index contributed by atoms with van der Waals surface area (Å²) in [6.07, 6.45) is 1.41. The second-order valence-corrected chi connectivity index (χ2v) is 3.44. The number of esters is 1. The summed E-state index contributed by atoms with van der Waals surface area (Å²) in [5, 5.41) is 0.853. The first-order valence-electron chi connectivity index (χ1n) is 4.39. The minimum Gasteiger partial charge on any atom is -0.463 e. The molecule has 0 radical (unpaired) electrons. The molecule has 0 saturated heterocycles. The van der Waals surface area contributed by atoms with E-state index in [1.165, 1.54) is 6.20 Å². The number of carbonyl (C=O) groups excluding carboxylic acids is 2. The van der Waals surface area contributed by atoms with Crippen molar-refractivity contribution >= 4 is 34.4 Å². The third-order valence-corrected chi connectivity index (χ3v) is 2.33. The number of hydrogen-bond acceptors (Lipinski definition) is 4. The average Bonchev–Trinajstić information content (AvgIpc) is 2.69. The highest BCUT2D eigenvalue weighted by Gasteiger charge is 2.20. The third kappa shape index (κ3) is 1.65. The summed E-state index contributed by atoms with van der Waals surface area (Å²) < 4.78 is 4.36. The van der Waals surface area contributed by atoms with E-state index in [0.29, 0.717) is 16.2 Å². The summed E-state index contributed by atoms with van der Waals surface area (Å²) >= 11 is 5.69. The number of nitrogens with zero attached hydrogens (tertiary/aromatic N) is 1. The van der Waals surface area contributed by atoms with Crippen LogP contribution in [0.15, 0.2) is 18.3 Å². The van der Waals surface area contributed by atoms with Crippen molar-refractivity contribution in [2.24, 2.45) is 0 Å². The third-order valence-electron chi connectivity index (χ3n) is 2.12. The number of aromatic nitrogens is 2. The lowest BCUT2D eigenvalue weighted by Gasteiger charge is -1.96. The lowest BCUT2D eigenvalue weighted by molar-refractivity contribution is -0.135. The maximum atomic E-state index is 11.6. The number of carbonyl (C=O) groups is 2. The highest BCUT2D eigenvalue weighted by Crippen LogP contribution is 2.19.